The summed E-state index contributed by atoms with van der Waals surface area (Å²) >= 11 is 0. The topological polar surface area (TPSA) is 309 Å². The molecule has 8 rings (SSSR count). The van der Waals surface area contributed by atoms with Gasteiger partial charge in [0.2, 0.25) is 0 Å². The molecule has 3 heterocycles. The molecule has 8 aliphatic rings. The van der Waals surface area contributed by atoms with Crippen molar-refractivity contribution in [3.63, 3.8) is 0 Å². The summed E-state index contributed by atoms with van der Waals surface area (Å²) in [4.78, 5) is 41.1. The van der Waals surface area contributed by atoms with Gasteiger partial charge in [-0.3, -0.25) is 4.79 Å². The summed E-state index contributed by atoms with van der Waals surface area (Å²) in [5, 5.41) is 108. The number of carboxylic acids is 1. The number of ketones is 1. The normalized spacial score (nSPS) is 52.2. The number of carboxylic acid groups (broad SMARTS) is 1. The predicted molar refractivity (Wildman–Crippen MR) is 244 cm³/mol. The Kier molecular flexibility index (Phi) is 15.2. The van der Waals surface area contributed by atoms with E-state index in [0.717, 1.165) is 32.0 Å². The Balaban J connectivity index is 1.12. The molecule has 0 aromatic carbocycles. The van der Waals surface area contributed by atoms with Crippen LogP contribution in [0.25, 0.3) is 0 Å². The van der Waals surface area contributed by atoms with E-state index in [4.69, 9.17) is 28.4 Å². The first-order valence-electron chi connectivity index (χ1n) is 25.7. The third-order valence-corrected chi connectivity index (χ3v) is 19.8. The summed E-state index contributed by atoms with van der Waals surface area (Å²) in [6.07, 6.45) is -16.7. The van der Waals surface area contributed by atoms with Crippen LogP contribution in [0.5, 0.6) is 0 Å². The van der Waals surface area contributed by atoms with Gasteiger partial charge in [-0.1, -0.05) is 66.5 Å². The monoisotopic (exact) mass is 997 g/mol. The number of aliphatic carboxylic acids is 1. The number of aliphatic hydroxyl groups is 9. The first kappa shape index (κ1) is 54.2. The first-order chi connectivity index (χ1) is 32.8. The van der Waals surface area contributed by atoms with Gasteiger partial charge < -0.3 is 84.3 Å². The molecule has 10 N–H and O–H groups in total. The van der Waals surface area contributed by atoms with E-state index in [0.29, 0.717) is 44.9 Å². The molecule has 4 saturated carbocycles. The zero-order valence-electron chi connectivity index (χ0n) is 41.7. The van der Waals surface area contributed by atoms with Gasteiger partial charge in [0.1, 0.15) is 73.1 Å². The number of unbranched alkanes of at least 4 members (excludes halogenated alkanes) is 1. The number of aldehydes is 1. The molecule has 5 aliphatic carbocycles. The van der Waals surface area contributed by atoms with Gasteiger partial charge >= 0.3 is 5.97 Å². The molecule has 0 aromatic heterocycles. The van der Waals surface area contributed by atoms with Crippen molar-refractivity contribution in [2.45, 2.75) is 224 Å². The summed E-state index contributed by atoms with van der Waals surface area (Å²) in [5.41, 5.74) is -2.10. The number of hydrogen-bond acceptors (Lipinski definition) is 18. The fourth-order valence-corrected chi connectivity index (χ4v) is 15.5. The number of rotatable bonds is 13. The van der Waals surface area contributed by atoms with E-state index in [9.17, 15) is 65.4 Å². The van der Waals surface area contributed by atoms with Crippen LogP contribution in [0.2, 0.25) is 0 Å². The maximum Gasteiger partial charge on any atom is 0.335 e. The Morgan fingerprint density at radius 3 is 2.10 bits per heavy atom. The summed E-state index contributed by atoms with van der Waals surface area (Å²) in [5.74, 6) is -1.84. The first-order valence-corrected chi connectivity index (χ1v) is 25.7. The van der Waals surface area contributed by atoms with Crippen molar-refractivity contribution in [1.82, 2.24) is 0 Å². The average Bonchev–Trinajstić information content (AvgIpc) is 3.30. The molecule has 9 unspecified atom stereocenters. The summed E-state index contributed by atoms with van der Waals surface area (Å²) < 4.78 is 36.1. The highest BCUT2D eigenvalue weighted by Crippen LogP contribution is 2.76. The zero-order valence-corrected chi connectivity index (χ0v) is 41.7. The smallest absolute Gasteiger partial charge is 0.335 e. The summed E-state index contributed by atoms with van der Waals surface area (Å²) in [6, 6.07) is 0. The SMILES string of the molecule is CCCCC(=O)[C@]12CCC(C)(C)CC1C1=CCC3C4(C)CC[C@H](O[C@@H]5OC(C(=O)O)[C@@H](O)[C@H](O[C@@H]6OC[C@@H](O)[C@H](O)C6O)C5O[C@@H]5OC(CO)[C@H](O)[C@H](O)C5O)[C@](C)(C=O)[C@@H]4CC[C@]3(C)[C@]1(C)CC2O. The Morgan fingerprint density at radius 1 is 0.757 bits per heavy atom. The molecule has 19 nitrogen and oxygen atoms in total. The zero-order chi connectivity index (χ0) is 51.3. The molecule has 0 amide bonds. The van der Waals surface area contributed by atoms with Crippen LogP contribution in [0.1, 0.15) is 126 Å². The molecule has 7 fully saturated rings. The number of aliphatic hydroxyl groups excluding tert-OH is 9. The minimum atomic E-state index is -2.13. The third kappa shape index (κ3) is 8.50. The molecule has 0 aromatic rings. The highest BCUT2D eigenvalue weighted by atomic mass is 16.8. The van der Waals surface area contributed by atoms with Crippen LogP contribution < -0.4 is 0 Å². The van der Waals surface area contributed by atoms with E-state index in [-0.39, 0.29) is 40.8 Å². The van der Waals surface area contributed by atoms with Crippen LogP contribution >= 0.6 is 0 Å². The fourth-order valence-electron chi connectivity index (χ4n) is 15.5. The molecular formula is C51H80O19. The highest BCUT2D eigenvalue weighted by Gasteiger charge is 2.72. The second kappa shape index (κ2) is 19.6. The Labute approximate surface area is 409 Å². The Bertz CT molecular complexity index is 1960. The van der Waals surface area contributed by atoms with E-state index in [1.807, 2.05) is 0 Å². The van der Waals surface area contributed by atoms with E-state index < -0.39 is 139 Å². The highest BCUT2D eigenvalue weighted by molar-refractivity contribution is 5.87. The average molecular weight is 997 g/mol. The molecular weight excluding hydrogens is 917 g/mol. The third-order valence-electron chi connectivity index (χ3n) is 19.8. The minimum Gasteiger partial charge on any atom is -0.479 e. The molecule has 24 atom stereocenters. The minimum absolute atomic E-state index is 0.0177. The van der Waals surface area contributed by atoms with Gasteiger partial charge in [0.25, 0.3) is 0 Å². The van der Waals surface area contributed by atoms with Gasteiger partial charge in [0.05, 0.1) is 36.3 Å². The predicted octanol–water partition coefficient (Wildman–Crippen LogP) is 1.26. The second-order valence-electron chi connectivity index (χ2n) is 24.1. The van der Waals surface area contributed by atoms with Gasteiger partial charge in [-0.25, -0.2) is 4.79 Å². The van der Waals surface area contributed by atoms with Gasteiger partial charge in [-0.05, 0) is 104 Å². The lowest BCUT2D eigenvalue weighted by molar-refractivity contribution is -0.391. The number of Topliss-reactive ketones (excluding diaryl/α,β-unsaturated/α-hetero) is 1. The van der Waals surface area contributed by atoms with Crippen LogP contribution in [-0.4, -0.2) is 181 Å². The van der Waals surface area contributed by atoms with Crippen molar-refractivity contribution in [3.8, 4) is 0 Å². The number of allylic oxidation sites excluding steroid dienone is 2. The molecule has 3 saturated heterocycles. The van der Waals surface area contributed by atoms with Crippen LogP contribution in [0.15, 0.2) is 11.6 Å². The largest absolute Gasteiger partial charge is 0.479 e. The number of carbonyl (C=O) groups is 3. The number of hydrogen-bond donors (Lipinski definition) is 10. The number of fused-ring (bicyclic) bond motifs is 7. The molecule has 0 spiro atoms. The maximum absolute atomic E-state index is 14.4. The lowest BCUT2D eigenvalue weighted by Gasteiger charge is -2.71. The lowest BCUT2D eigenvalue weighted by atomic mass is 9.33. The van der Waals surface area contributed by atoms with Crippen molar-refractivity contribution in [2.75, 3.05) is 13.2 Å². The van der Waals surface area contributed by atoms with Gasteiger partial charge in [-0.15, -0.1) is 0 Å². The van der Waals surface area contributed by atoms with Gasteiger partial charge in [0, 0.05) is 6.42 Å². The van der Waals surface area contributed by atoms with Crippen LogP contribution in [0, 0.1) is 50.2 Å². The van der Waals surface area contributed by atoms with Crippen LogP contribution in [0.4, 0.5) is 0 Å². The van der Waals surface area contributed by atoms with Crippen LogP contribution in [-0.2, 0) is 42.8 Å². The van der Waals surface area contributed by atoms with Crippen LogP contribution in [0.3, 0.4) is 0 Å². The van der Waals surface area contributed by atoms with Crippen molar-refractivity contribution >= 4 is 18.0 Å². The quantitative estimate of drug-likeness (QED) is 0.0706. The molecule has 19 heteroatoms. The van der Waals surface area contributed by atoms with Crippen molar-refractivity contribution in [1.29, 1.82) is 0 Å². The summed E-state index contributed by atoms with van der Waals surface area (Å²) in [7, 11) is 0. The van der Waals surface area contributed by atoms with E-state index >= 15 is 0 Å². The standard InChI is InChI=1S/C51H80O19/c1-8-9-10-30(55)51-18-17-46(2,3)19-25(51)24-11-12-29-47(4)15-14-32(48(5,23-53)28(47)13-16-49(29,6)50(24,7)20-31(51)56)67-45-41(70-44-37(61)35(59)34(58)27(21-52)66-44)39(38(62)40(69-45)42(63)64)68-43-36(60)33(57)26(54)22-65-43/h11,23,25-29,31-41,43-45,52,54,56-62H,8-10,12-22H2,1-7H3,(H,63,64)/t25?,26-,27?,28-,29?,31?,32+,33+,34+,35+,36?,37?,38+,39+,40?,41?,43+,44+,45-,47?,48-,49+,50-,51+/m1/s1. The van der Waals surface area contributed by atoms with E-state index in [1.165, 1.54) is 5.57 Å². The van der Waals surface area contributed by atoms with Gasteiger partial charge in [0.15, 0.2) is 25.0 Å². The van der Waals surface area contributed by atoms with E-state index in [2.05, 4.69) is 47.6 Å². The van der Waals surface area contributed by atoms with Crippen molar-refractivity contribution < 1.29 is 93.9 Å². The molecule has 0 bridgehead atoms. The fraction of sp³-hybridized carbons (Fsp3) is 0.902. The summed E-state index contributed by atoms with van der Waals surface area (Å²) in [6.45, 7) is 13.9. The Hall–Kier alpha value is -2.05. The Morgan fingerprint density at radius 2 is 1.44 bits per heavy atom. The second-order valence-corrected chi connectivity index (χ2v) is 24.1. The van der Waals surface area contributed by atoms with Crippen molar-refractivity contribution in [3.05, 3.63) is 11.6 Å². The number of ether oxygens (including phenoxy) is 6. The van der Waals surface area contributed by atoms with Gasteiger partial charge in [-0.2, -0.15) is 0 Å². The van der Waals surface area contributed by atoms with E-state index in [1.54, 1.807) is 6.92 Å². The molecule has 0 radical (unpaired) electrons. The lowest BCUT2D eigenvalue weighted by Crippen LogP contribution is -2.69. The number of carbonyl (C=O) groups excluding carboxylic acids is 2. The molecule has 398 valence electrons. The van der Waals surface area contributed by atoms with Crippen molar-refractivity contribution in [2.24, 2.45) is 50.2 Å². The molecule has 3 aliphatic heterocycles. The molecule has 70 heavy (non-hydrogen) atoms. The maximum atomic E-state index is 14.4.